The Morgan fingerprint density at radius 3 is 2.62 bits per heavy atom. The normalized spacial score (nSPS) is 40.4. The first kappa shape index (κ1) is 8.95. The molecular weight excluding hydrogens is 164 g/mol. The van der Waals surface area contributed by atoms with Gasteiger partial charge in [0.25, 0.3) is 0 Å². The van der Waals surface area contributed by atoms with Crippen LogP contribution in [0.1, 0.15) is 32.1 Å². The number of carbonyl (C=O) groups is 1. The lowest BCUT2D eigenvalue weighted by Gasteiger charge is -2.46. The van der Waals surface area contributed by atoms with E-state index in [1.165, 1.54) is 6.08 Å². The van der Waals surface area contributed by atoms with E-state index < -0.39 is 11.5 Å². The summed E-state index contributed by atoms with van der Waals surface area (Å²) in [6.07, 6.45) is 5.52. The third-order valence-corrected chi connectivity index (χ3v) is 3.82. The molecule has 2 bridgehead atoms. The Labute approximate surface area is 78.6 Å². The van der Waals surface area contributed by atoms with Gasteiger partial charge in [-0.1, -0.05) is 6.08 Å². The van der Waals surface area contributed by atoms with E-state index in [1.54, 1.807) is 0 Å². The molecule has 0 spiro atoms. The summed E-state index contributed by atoms with van der Waals surface area (Å²) in [6, 6.07) is 0. The van der Waals surface area contributed by atoms with Gasteiger partial charge in [-0.15, -0.1) is 6.58 Å². The highest BCUT2D eigenvalue weighted by Gasteiger charge is 2.50. The molecule has 3 rings (SSSR count). The molecule has 0 heterocycles. The number of fused-ring (bicyclic) bond motifs is 3. The van der Waals surface area contributed by atoms with Crippen molar-refractivity contribution in [3.63, 3.8) is 0 Å². The second kappa shape index (κ2) is 2.95. The predicted molar refractivity (Wildman–Crippen MR) is 50.2 cm³/mol. The molecule has 13 heavy (non-hydrogen) atoms. The maximum Gasteiger partial charge on any atom is 0.142 e. The van der Waals surface area contributed by atoms with Crippen molar-refractivity contribution in [2.75, 3.05) is 0 Å². The fraction of sp³-hybridized carbons (Fsp3) is 0.727. The SMILES string of the molecule is C=CC(O)C12CCC(CC1)CC2=O. The second-order valence-corrected chi connectivity index (χ2v) is 4.41. The van der Waals surface area contributed by atoms with Gasteiger partial charge >= 0.3 is 0 Å². The van der Waals surface area contributed by atoms with Gasteiger partial charge in [0.05, 0.1) is 11.5 Å². The minimum absolute atomic E-state index is 0.266. The van der Waals surface area contributed by atoms with Gasteiger partial charge in [0.15, 0.2) is 0 Å². The molecule has 1 atom stereocenters. The summed E-state index contributed by atoms with van der Waals surface area (Å²) in [5.41, 5.74) is -0.448. The van der Waals surface area contributed by atoms with Gasteiger partial charge in [-0.05, 0) is 31.6 Å². The number of hydrogen-bond acceptors (Lipinski definition) is 2. The number of aliphatic hydroxyl groups excluding tert-OH is 1. The van der Waals surface area contributed by atoms with Gasteiger partial charge in [-0.25, -0.2) is 0 Å². The number of carbonyl (C=O) groups excluding carboxylic acids is 1. The summed E-state index contributed by atoms with van der Waals surface area (Å²) >= 11 is 0. The molecule has 3 aliphatic carbocycles. The van der Waals surface area contributed by atoms with E-state index in [0.29, 0.717) is 12.3 Å². The highest BCUT2D eigenvalue weighted by Crippen LogP contribution is 2.50. The lowest BCUT2D eigenvalue weighted by molar-refractivity contribution is -0.145. The van der Waals surface area contributed by atoms with Gasteiger partial charge in [0.1, 0.15) is 5.78 Å². The van der Waals surface area contributed by atoms with Gasteiger partial charge < -0.3 is 5.11 Å². The molecule has 2 nitrogen and oxygen atoms in total. The quantitative estimate of drug-likeness (QED) is 0.656. The Kier molecular flexibility index (Phi) is 2.03. The van der Waals surface area contributed by atoms with E-state index in [2.05, 4.69) is 6.58 Å². The molecule has 1 unspecified atom stereocenters. The molecule has 3 saturated carbocycles. The number of rotatable bonds is 2. The van der Waals surface area contributed by atoms with Gasteiger partial charge in [0.2, 0.25) is 0 Å². The average Bonchev–Trinajstić information content (AvgIpc) is 2.18. The number of ketones is 1. The third kappa shape index (κ3) is 1.16. The zero-order chi connectivity index (χ0) is 9.47. The summed E-state index contributed by atoms with van der Waals surface area (Å²) in [5, 5.41) is 9.79. The van der Waals surface area contributed by atoms with E-state index in [1.807, 2.05) is 0 Å². The molecular formula is C11H16O2. The van der Waals surface area contributed by atoms with Gasteiger partial charge in [-0.3, -0.25) is 4.79 Å². The van der Waals surface area contributed by atoms with Crippen LogP contribution < -0.4 is 0 Å². The molecule has 2 heteroatoms. The van der Waals surface area contributed by atoms with E-state index in [0.717, 1.165) is 25.7 Å². The smallest absolute Gasteiger partial charge is 0.142 e. The maximum atomic E-state index is 11.8. The monoisotopic (exact) mass is 180 g/mol. The number of Topliss-reactive ketones (excluding diaryl/α,β-unsaturated/α-hetero) is 1. The third-order valence-electron chi connectivity index (χ3n) is 3.82. The molecule has 0 aromatic carbocycles. The zero-order valence-corrected chi connectivity index (χ0v) is 7.83. The van der Waals surface area contributed by atoms with E-state index in [4.69, 9.17) is 0 Å². The van der Waals surface area contributed by atoms with Crippen LogP contribution in [-0.2, 0) is 4.79 Å². The average molecular weight is 180 g/mol. The maximum absolute atomic E-state index is 11.8. The molecule has 0 saturated heterocycles. The Morgan fingerprint density at radius 2 is 2.15 bits per heavy atom. The topological polar surface area (TPSA) is 37.3 Å². The fourth-order valence-corrected chi connectivity index (χ4v) is 2.83. The van der Waals surface area contributed by atoms with Crippen molar-refractivity contribution < 1.29 is 9.90 Å². The van der Waals surface area contributed by atoms with Crippen LogP contribution in [0.15, 0.2) is 12.7 Å². The summed E-state index contributed by atoms with van der Waals surface area (Å²) in [4.78, 5) is 11.8. The molecule has 0 amide bonds. The highest BCUT2D eigenvalue weighted by molar-refractivity contribution is 5.87. The minimum atomic E-state index is -0.624. The molecule has 72 valence electrons. The van der Waals surface area contributed by atoms with Crippen LogP contribution in [-0.4, -0.2) is 17.0 Å². The number of hydrogen-bond donors (Lipinski definition) is 1. The standard InChI is InChI=1S/C11H16O2/c1-2-9(12)11-5-3-8(4-6-11)7-10(11)13/h2,8-9,12H,1,3-7H2. The van der Waals surface area contributed by atoms with Crippen molar-refractivity contribution in [3.05, 3.63) is 12.7 Å². The molecule has 0 aliphatic heterocycles. The van der Waals surface area contributed by atoms with Crippen LogP contribution in [0.5, 0.6) is 0 Å². The predicted octanol–water partition coefficient (Wildman–Crippen LogP) is 1.68. The first-order chi connectivity index (χ1) is 6.19. The highest BCUT2D eigenvalue weighted by atomic mass is 16.3. The number of aliphatic hydroxyl groups is 1. The van der Waals surface area contributed by atoms with E-state index >= 15 is 0 Å². The van der Waals surface area contributed by atoms with Crippen LogP contribution in [0.2, 0.25) is 0 Å². The lowest BCUT2D eigenvalue weighted by atomic mass is 9.57. The van der Waals surface area contributed by atoms with Crippen LogP contribution in [0.25, 0.3) is 0 Å². The summed E-state index contributed by atoms with van der Waals surface area (Å²) in [7, 11) is 0. The Balaban J connectivity index is 2.27. The summed E-state index contributed by atoms with van der Waals surface area (Å²) in [6.45, 7) is 3.58. The van der Waals surface area contributed by atoms with E-state index in [9.17, 15) is 9.90 Å². The van der Waals surface area contributed by atoms with E-state index in [-0.39, 0.29) is 5.78 Å². The minimum Gasteiger partial charge on any atom is -0.388 e. The second-order valence-electron chi connectivity index (χ2n) is 4.41. The van der Waals surface area contributed by atoms with Crippen molar-refractivity contribution in [2.45, 2.75) is 38.2 Å². The van der Waals surface area contributed by atoms with Gasteiger partial charge in [-0.2, -0.15) is 0 Å². The Hall–Kier alpha value is -0.630. The Bertz CT molecular complexity index is 236. The van der Waals surface area contributed by atoms with Crippen molar-refractivity contribution >= 4 is 5.78 Å². The summed E-state index contributed by atoms with van der Waals surface area (Å²) < 4.78 is 0. The summed E-state index contributed by atoms with van der Waals surface area (Å²) in [5.74, 6) is 0.869. The molecule has 3 fully saturated rings. The van der Waals surface area contributed by atoms with Crippen molar-refractivity contribution in [1.82, 2.24) is 0 Å². The molecule has 3 aliphatic rings. The zero-order valence-electron chi connectivity index (χ0n) is 7.83. The van der Waals surface area contributed by atoms with Crippen molar-refractivity contribution in [3.8, 4) is 0 Å². The molecule has 0 radical (unpaired) electrons. The van der Waals surface area contributed by atoms with Crippen LogP contribution in [0.4, 0.5) is 0 Å². The van der Waals surface area contributed by atoms with Crippen molar-refractivity contribution in [1.29, 1.82) is 0 Å². The lowest BCUT2D eigenvalue weighted by Crippen LogP contribution is -2.49. The van der Waals surface area contributed by atoms with Crippen molar-refractivity contribution in [2.24, 2.45) is 11.3 Å². The van der Waals surface area contributed by atoms with Crippen LogP contribution in [0, 0.1) is 11.3 Å². The van der Waals surface area contributed by atoms with Crippen LogP contribution >= 0.6 is 0 Å². The van der Waals surface area contributed by atoms with Gasteiger partial charge in [0, 0.05) is 6.42 Å². The Morgan fingerprint density at radius 1 is 1.54 bits per heavy atom. The molecule has 0 aromatic heterocycles. The van der Waals surface area contributed by atoms with Crippen LogP contribution in [0.3, 0.4) is 0 Å². The largest absolute Gasteiger partial charge is 0.388 e. The first-order valence-electron chi connectivity index (χ1n) is 5.03. The molecule has 1 N–H and O–H groups in total. The fourth-order valence-electron chi connectivity index (χ4n) is 2.83. The first-order valence-corrected chi connectivity index (χ1v) is 5.03. The molecule has 0 aromatic rings.